The second kappa shape index (κ2) is 6.02. The smallest absolute Gasteiger partial charge is 0.0814 e. The average molecular weight is 102 g/mol. The first kappa shape index (κ1) is 10.1. The molecule has 1 nitrogen and oxygen atoms in total. The summed E-state index contributed by atoms with van der Waals surface area (Å²) in [6.45, 7) is 3.96. The second-order valence-electron chi connectivity index (χ2n) is 1.47. The molecule has 0 atom stereocenters. The summed E-state index contributed by atoms with van der Waals surface area (Å²) in [6.07, 6.45) is 1.71. The van der Waals surface area contributed by atoms with Gasteiger partial charge in [-0.1, -0.05) is 13.8 Å². The highest BCUT2D eigenvalue weighted by molar-refractivity contribution is 5.75. The van der Waals surface area contributed by atoms with Crippen molar-refractivity contribution in [1.82, 2.24) is 0 Å². The Morgan fingerprint density at radius 3 is 1.57 bits per heavy atom. The lowest BCUT2D eigenvalue weighted by Crippen LogP contribution is -1.99. The van der Waals surface area contributed by atoms with Crippen molar-refractivity contribution >= 4 is 8.41 Å². The van der Waals surface area contributed by atoms with E-state index >= 15 is 0 Å². The minimum atomic E-state index is -0.0648. The van der Waals surface area contributed by atoms with Crippen LogP contribution in [0.3, 0.4) is 0 Å². The van der Waals surface area contributed by atoms with Crippen molar-refractivity contribution in [3.63, 3.8) is 0 Å². The van der Waals surface area contributed by atoms with Crippen molar-refractivity contribution in [2.24, 2.45) is 0 Å². The second-order valence-corrected chi connectivity index (χ2v) is 1.47. The molecule has 0 bridgehead atoms. The van der Waals surface area contributed by atoms with E-state index in [1.165, 1.54) is 0 Å². The van der Waals surface area contributed by atoms with Crippen LogP contribution in [0.2, 0.25) is 0 Å². The Bertz CT molecular complexity index is 27.3. The van der Waals surface area contributed by atoms with Gasteiger partial charge in [0.2, 0.25) is 0 Å². The summed E-state index contributed by atoms with van der Waals surface area (Å²) in [7, 11) is 0. The van der Waals surface area contributed by atoms with Crippen LogP contribution < -0.4 is 0 Å². The van der Waals surface area contributed by atoms with Gasteiger partial charge < -0.3 is 5.11 Å². The highest BCUT2D eigenvalue weighted by Gasteiger charge is 1.90. The number of hydrogen-bond donors (Lipinski definition) is 1. The Hall–Kier alpha value is 0.0249. The van der Waals surface area contributed by atoms with Crippen LogP contribution in [0, 0.1) is 0 Å². The predicted molar refractivity (Wildman–Crippen MR) is 36.5 cm³/mol. The Balaban J connectivity index is 0. The van der Waals surface area contributed by atoms with Gasteiger partial charge in [-0.15, -0.1) is 0 Å². The molecular formula is C5H15BO. The maximum Gasteiger partial charge on any atom is 0.0814 e. The Kier molecular flexibility index (Phi) is 8.69. The van der Waals surface area contributed by atoms with Crippen LogP contribution in [0.25, 0.3) is 0 Å². The van der Waals surface area contributed by atoms with Gasteiger partial charge in [0, 0.05) is 0 Å². The Morgan fingerprint density at radius 2 is 1.57 bits per heavy atom. The van der Waals surface area contributed by atoms with Gasteiger partial charge in [0.15, 0.2) is 0 Å². The van der Waals surface area contributed by atoms with Crippen LogP contribution in [0.1, 0.15) is 26.7 Å². The zero-order valence-corrected chi connectivity index (χ0v) is 4.44. The lowest BCUT2D eigenvalue weighted by Gasteiger charge is -1.98. The highest BCUT2D eigenvalue weighted by Crippen LogP contribution is 1.91. The van der Waals surface area contributed by atoms with E-state index in [2.05, 4.69) is 0 Å². The summed E-state index contributed by atoms with van der Waals surface area (Å²) in [5.74, 6) is 0. The third-order valence-corrected chi connectivity index (χ3v) is 0.942. The van der Waals surface area contributed by atoms with Gasteiger partial charge in [-0.3, -0.25) is 0 Å². The van der Waals surface area contributed by atoms with Crippen molar-refractivity contribution in [1.29, 1.82) is 0 Å². The number of rotatable bonds is 2. The first-order valence-corrected chi connectivity index (χ1v) is 2.49. The number of aliphatic hydroxyl groups excluding tert-OH is 1. The normalized spacial score (nSPS) is 8.57. The molecular weight excluding hydrogens is 86.9 g/mol. The largest absolute Gasteiger partial charge is 0.393 e. The average Bonchev–Trinajstić information content (AvgIpc) is 1.65. The van der Waals surface area contributed by atoms with Crippen LogP contribution in [-0.2, 0) is 0 Å². The van der Waals surface area contributed by atoms with Crippen LogP contribution in [0.15, 0.2) is 0 Å². The first-order valence-electron chi connectivity index (χ1n) is 2.49. The molecule has 0 saturated heterocycles. The van der Waals surface area contributed by atoms with Gasteiger partial charge in [-0.2, -0.15) is 0 Å². The summed E-state index contributed by atoms with van der Waals surface area (Å²) in [4.78, 5) is 0. The fourth-order valence-electron chi connectivity index (χ4n) is 0.289. The summed E-state index contributed by atoms with van der Waals surface area (Å²) < 4.78 is 0. The number of aliphatic hydroxyl groups is 1. The molecule has 0 spiro atoms. The third kappa shape index (κ3) is 6.02. The van der Waals surface area contributed by atoms with E-state index < -0.39 is 0 Å². The van der Waals surface area contributed by atoms with Crippen LogP contribution >= 0.6 is 0 Å². The maximum atomic E-state index is 8.67. The summed E-state index contributed by atoms with van der Waals surface area (Å²) >= 11 is 0. The summed E-state index contributed by atoms with van der Waals surface area (Å²) in [5, 5.41) is 8.67. The Morgan fingerprint density at radius 1 is 1.29 bits per heavy atom. The molecule has 1 N–H and O–H groups in total. The maximum absolute atomic E-state index is 8.67. The molecule has 7 heavy (non-hydrogen) atoms. The van der Waals surface area contributed by atoms with Crippen LogP contribution in [-0.4, -0.2) is 19.6 Å². The van der Waals surface area contributed by atoms with Gasteiger partial charge in [-0.25, -0.2) is 0 Å². The Labute approximate surface area is 47.3 Å². The molecule has 0 aromatic rings. The van der Waals surface area contributed by atoms with Crippen LogP contribution in [0.5, 0.6) is 0 Å². The highest BCUT2D eigenvalue weighted by atomic mass is 16.3. The van der Waals surface area contributed by atoms with Gasteiger partial charge in [0.1, 0.15) is 0 Å². The van der Waals surface area contributed by atoms with Crippen molar-refractivity contribution in [3.8, 4) is 0 Å². The third-order valence-electron chi connectivity index (χ3n) is 0.942. The van der Waals surface area contributed by atoms with Gasteiger partial charge in [0.25, 0.3) is 0 Å². The minimum Gasteiger partial charge on any atom is -0.393 e. The van der Waals surface area contributed by atoms with Crippen molar-refractivity contribution < 1.29 is 5.11 Å². The van der Waals surface area contributed by atoms with Crippen molar-refractivity contribution in [3.05, 3.63) is 0 Å². The molecule has 0 fully saturated rings. The lowest BCUT2D eigenvalue weighted by atomic mass is 10.2. The van der Waals surface area contributed by atoms with Gasteiger partial charge >= 0.3 is 0 Å². The molecule has 0 saturated carbocycles. The zero-order chi connectivity index (χ0) is 4.99. The van der Waals surface area contributed by atoms with E-state index in [0.717, 1.165) is 12.8 Å². The molecule has 0 amide bonds. The quantitative estimate of drug-likeness (QED) is 0.486. The summed E-state index contributed by atoms with van der Waals surface area (Å²) in [6, 6.07) is 0. The van der Waals surface area contributed by atoms with E-state index in [-0.39, 0.29) is 14.5 Å². The molecule has 0 unspecified atom stereocenters. The molecule has 0 aromatic heterocycles. The standard InChI is InChI=1S/C5H12O.BH3/c1-3-5(6)4-2;/h5-6H,3-4H2,1-2H3;1H3. The van der Waals surface area contributed by atoms with Gasteiger partial charge in [-0.05, 0) is 12.8 Å². The minimum absolute atomic E-state index is 0. The van der Waals surface area contributed by atoms with E-state index in [9.17, 15) is 0 Å². The summed E-state index contributed by atoms with van der Waals surface area (Å²) in [5.41, 5.74) is 0. The van der Waals surface area contributed by atoms with Crippen molar-refractivity contribution in [2.75, 3.05) is 0 Å². The zero-order valence-electron chi connectivity index (χ0n) is 4.44. The fourth-order valence-corrected chi connectivity index (χ4v) is 0.289. The lowest BCUT2D eigenvalue weighted by molar-refractivity contribution is 0.166. The first-order chi connectivity index (χ1) is 2.81. The fraction of sp³-hybridized carbons (Fsp3) is 1.00. The molecule has 44 valence electrons. The molecule has 0 aliphatic carbocycles. The number of hydrogen-bond acceptors (Lipinski definition) is 1. The van der Waals surface area contributed by atoms with E-state index in [1.807, 2.05) is 13.8 Å². The van der Waals surface area contributed by atoms with E-state index in [0.29, 0.717) is 0 Å². The molecule has 2 heteroatoms. The molecule has 0 radical (unpaired) electrons. The van der Waals surface area contributed by atoms with Crippen molar-refractivity contribution in [2.45, 2.75) is 32.8 Å². The predicted octanol–water partition coefficient (Wildman–Crippen LogP) is -0.0166. The SMILES string of the molecule is B.CCC(O)CC. The van der Waals surface area contributed by atoms with E-state index in [1.54, 1.807) is 0 Å². The van der Waals surface area contributed by atoms with Gasteiger partial charge in [0.05, 0.1) is 14.5 Å². The monoisotopic (exact) mass is 102 g/mol. The molecule has 0 aliphatic heterocycles. The molecule has 0 aromatic carbocycles. The van der Waals surface area contributed by atoms with Crippen LogP contribution in [0.4, 0.5) is 0 Å². The molecule has 0 rings (SSSR count). The molecule has 0 aliphatic rings. The topological polar surface area (TPSA) is 20.2 Å². The van der Waals surface area contributed by atoms with E-state index in [4.69, 9.17) is 5.11 Å². The molecule has 0 heterocycles.